The Hall–Kier alpha value is -1.68. The molecule has 0 aliphatic carbocycles. The molecule has 1 heterocycles. The van der Waals surface area contributed by atoms with Gasteiger partial charge in [-0.15, -0.1) is 0 Å². The average molecular weight is 348 g/mol. The van der Waals surface area contributed by atoms with Crippen LogP contribution in [0.15, 0.2) is 40.9 Å². The van der Waals surface area contributed by atoms with E-state index < -0.39 is 0 Å². The van der Waals surface area contributed by atoms with Crippen molar-refractivity contribution in [2.24, 2.45) is 0 Å². The number of halogens is 1. The van der Waals surface area contributed by atoms with Crippen molar-refractivity contribution in [1.29, 1.82) is 0 Å². The van der Waals surface area contributed by atoms with E-state index in [0.717, 1.165) is 46.6 Å². The maximum Gasteiger partial charge on any atom is 0.142 e. The highest BCUT2D eigenvalue weighted by atomic mass is 79.9. The van der Waals surface area contributed by atoms with Crippen LogP contribution >= 0.6 is 15.9 Å². The molecule has 21 heavy (non-hydrogen) atoms. The van der Waals surface area contributed by atoms with Gasteiger partial charge < -0.3 is 14.7 Å². The van der Waals surface area contributed by atoms with Crippen molar-refractivity contribution in [3.05, 3.63) is 52.0 Å². The fourth-order valence-electron chi connectivity index (χ4n) is 2.69. The number of aryl methyl sites for hydroxylation is 1. The summed E-state index contributed by atoms with van der Waals surface area (Å²) in [5.41, 5.74) is 2.91. The van der Waals surface area contributed by atoms with Gasteiger partial charge in [-0.25, -0.2) is 0 Å². The van der Waals surface area contributed by atoms with E-state index in [2.05, 4.69) is 26.9 Å². The van der Waals surface area contributed by atoms with Crippen molar-refractivity contribution in [3.63, 3.8) is 0 Å². The number of anilines is 1. The molecule has 4 heteroatoms. The van der Waals surface area contributed by atoms with Gasteiger partial charge in [-0.2, -0.15) is 0 Å². The lowest BCUT2D eigenvalue weighted by atomic mass is 10.1. The summed E-state index contributed by atoms with van der Waals surface area (Å²) in [5.74, 6) is 1.29. The first kappa shape index (κ1) is 14.3. The Labute approximate surface area is 133 Å². The lowest BCUT2D eigenvalue weighted by Gasteiger charge is -2.24. The number of ether oxygens (including phenoxy) is 1. The Morgan fingerprint density at radius 1 is 1.29 bits per heavy atom. The molecule has 0 atom stereocenters. The van der Waals surface area contributed by atoms with Gasteiger partial charge in [0.05, 0.1) is 12.3 Å². The third kappa shape index (κ3) is 3.00. The largest absolute Gasteiger partial charge is 0.507 e. The molecule has 0 spiro atoms. The Morgan fingerprint density at radius 3 is 2.95 bits per heavy atom. The minimum absolute atomic E-state index is 0.376. The standard InChI is InChI=1S/C17H18BrNO2/c1-12-9-14(18)10-13(17(12)20)11-19-7-4-8-21-16-6-3-2-5-15(16)19/h2-3,5-6,9-10,20H,4,7-8,11H2,1H3. The maximum atomic E-state index is 10.3. The molecular weight excluding hydrogens is 330 g/mol. The van der Waals surface area contributed by atoms with E-state index in [9.17, 15) is 5.11 Å². The van der Waals surface area contributed by atoms with Crippen LogP contribution in [0, 0.1) is 6.92 Å². The molecule has 0 radical (unpaired) electrons. The van der Waals surface area contributed by atoms with Crippen LogP contribution < -0.4 is 9.64 Å². The van der Waals surface area contributed by atoms with Crippen LogP contribution in [0.4, 0.5) is 5.69 Å². The van der Waals surface area contributed by atoms with E-state index in [1.54, 1.807) is 0 Å². The summed E-state index contributed by atoms with van der Waals surface area (Å²) in [6.07, 6.45) is 0.975. The number of phenols is 1. The highest BCUT2D eigenvalue weighted by Crippen LogP contribution is 2.34. The molecule has 1 N–H and O–H groups in total. The zero-order valence-electron chi connectivity index (χ0n) is 12.0. The lowest BCUT2D eigenvalue weighted by molar-refractivity contribution is 0.322. The highest BCUT2D eigenvalue weighted by molar-refractivity contribution is 9.10. The van der Waals surface area contributed by atoms with E-state index in [1.807, 2.05) is 37.3 Å². The number of benzene rings is 2. The molecule has 2 aromatic carbocycles. The molecule has 2 aromatic rings. The van der Waals surface area contributed by atoms with Crippen LogP contribution in [-0.2, 0) is 6.54 Å². The molecule has 0 saturated heterocycles. The van der Waals surface area contributed by atoms with E-state index >= 15 is 0 Å². The second-order valence-electron chi connectivity index (χ2n) is 5.32. The monoisotopic (exact) mass is 347 g/mol. The van der Waals surface area contributed by atoms with Gasteiger partial charge in [-0.1, -0.05) is 28.1 Å². The Kier molecular flexibility index (Phi) is 4.06. The van der Waals surface area contributed by atoms with Crippen LogP contribution in [0.1, 0.15) is 17.5 Å². The van der Waals surface area contributed by atoms with Crippen LogP contribution in [0.2, 0.25) is 0 Å². The normalized spacial score (nSPS) is 14.3. The minimum Gasteiger partial charge on any atom is -0.507 e. The van der Waals surface area contributed by atoms with Crippen LogP contribution in [0.3, 0.4) is 0 Å². The summed E-state index contributed by atoms with van der Waals surface area (Å²) < 4.78 is 6.77. The maximum absolute atomic E-state index is 10.3. The fraction of sp³-hybridized carbons (Fsp3) is 0.294. The van der Waals surface area contributed by atoms with Crippen LogP contribution in [-0.4, -0.2) is 18.3 Å². The predicted molar refractivity (Wildman–Crippen MR) is 88.1 cm³/mol. The zero-order chi connectivity index (χ0) is 14.8. The van der Waals surface area contributed by atoms with Crippen molar-refractivity contribution in [2.45, 2.75) is 19.9 Å². The van der Waals surface area contributed by atoms with Crippen LogP contribution in [0.5, 0.6) is 11.5 Å². The predicted octanol–water partition coefficient (Wildman–Crippen LogP) is 4.25. The first-order chi connectivity index (χ1) is 10.1. The minimum atomic E-state index is 0.376. The van der Waals surface area contributed by atoms with Gasteiger partial charge >= 0.3 is 0 Å². The topological polar surface area (TPSA) is 32.7 Å². The average Bonchev–Trinajstić information content (AvgIpc) is 2.67. The van der Waals surface area contributed by atoms with E-state index in [1.165, 1.54) is 0 Å². The molecule has 0 aromatic heterocycles. The van der Waals surface area contributed by atoms with Crippen LogP contribution in [0.25, 0.3) is 0 Å². The number of aromatic hydroxyl groups is 1. The summed E-state index contributed by atoms with van der Waals surface area (Å²) in [7, 11) is 0. The van der Waals surface area contributed by atoms with Gasteiger partial charge in [0.25, 0.3) is 0 Å². The first-order valence-electron chi connectivity index (χ1n) is 7.10. The number of fused-ring (bicyclic) bond motifs is 1. The smallest absolute Gasteiger partial charge is 0.142 e. The van der Waals surface area contributed by atoms with Gasteiger partial charge in [0.1, 0.15) is 11.5 Å². The fourth-order valence-corrected chi connectivity index (χ4v) is 3.31. The zero-order valence-corrected chi connectivity index (χ0v) is 13.6. The third-order valence-corrected chi connectivity index (χ3v) is 4.20. The quantitative estimate of drug-likeness (QED) is 0.881. The molecule has 0 amide bonds. The summed E-state index contributed by atoms with van der Waals surface area (Å²) in [4.78, 5) is 2.27. The van der Waals surface area contributed by atoms with E-state index in [-0.39, 0.29) is 0 Å². The molecule has 1 aliphatic rings. The number of hydrogen-bond acceptors (Lipinski definition) is 3. The van der Waals surface area contributed by atoms with Gasteiger partial charge in [-0.3, -0.25) is 0 Å². The van der Waals surface area contributed by atoms with E-state index in [0.29, 0.717) is 12.3 Å². The number of para-hydroxylation sites is 2. The summed E-state index contributed by atoms with van der Waals surface area (Å²) in [6, 6.07) is 12.0. The number of rotatable bonds is 2. The summed E-state index contributed by atoms with van der Waals surface area (Å²) in [5, 5.41) is 10.3. The molecule has 0 unspecified atom stereocenters. The Morgan fingerprint density at radius 2 is 2.10 bits per heavy atom. The highest BCUT2D eigenvalue weighted by Gasteiger charge is 2.18. The van der Waals surface area contributed by atoms with Crippen molar-refractivity contribution in [3.8, 4) is 11.5 Å². The van der Waals surface area contributed by atoms with Crippen molar-refractivity contribution < 1.29 is 9.84 Å². The van der Waals surface area contributed by atoms with E-state index in [4.69, 9.17) is 4.74 Å². The molecule has 0 bridgehead atoms. The first-order valence-corrected chi connectivity index (χ1v) is 7.89. The van der Waals surface area contributed by atoms with Gasteiger partial charge in [-0.05, 0) is 43.2 Å². The second kappa shape index (κ2) is 5.98. The molecule has 3 rings (SSSR count). The molecular formula is C17H18BrNO2. The van der Waals surface area contributed by atoms with Gasteiger partial charge in [0, 0.05) is 23.1 Å². The molecule has 3 nitrogen and oxygen atoms in total. The summed E-state index contributed by atoms with van der Waals surface area (Å²) >= 11 is 3.50. The summed E-state index contributed by atoms with van der Waals surface area (Å²) in [6.45, 7) is 4.24. The lowest BCUT2D eigenvalue weighted by Crippen LogP contribution is -2.23. The molecule has 0 saturated carbocycles. The Balaban J connectivity index is 1.95. The number of phenolic OH excluding ortho intramolecular Hbond substituents is 1. The molecule has 1 aliphatic heterocycles. The van der Waals surface area contributed by atoms with Crippen molar-refractivity contribution >= 4 is 21.6 Å². The number of hydrogen-bond donors (Lipinski definition) is 1. The Bertz CT molecular complexity index is 657. The molecule has 0 fully saturated rings. The van der Waals surface area contributed by atoms with Gasteiger partial charge in [0.15, 0.2) is 0 Å². The third-order valence-electron chi connectivity index (χ3n) is 3.74. The SMILES string of the molecule is Cc1cc(Br)cc(CN2CCCOc3ccccc32)c1O. The van der Waals surface area contributed by atoms with Crippen molar-refractivity contribution in [1.82, 2.24) is 0 Å². The number of nitrogens with zero attached hydrogens (tertiary/aromatic N) is 1. The van der Waals surface area contributed by atoms with Gasteiger partial charge in [0.2, 0.25) is 0 Å². The molecule has 110 valence electrons. The second-order valence-corrected chi connectivity index (χ2v) is 6.24. The van der Waals surface area contributed by atoms with Crippen molar-refractivity contribution in [2.75, 3.05) is 18.1 Å².